The van der Waals surface area contributed by atoms with Crippen molar-refractivity contribution in [1.82, 2.24) is 0 Å². The van der Waals surface area contributed by atoms with Gasteiger partial charge in [0.1, 0.15) is 0 Å². The molecule has 0 radical (unpaired) electrons. The fraction of sp³-hybridized carbons (Fsp3) is 1.00. The summed E-state index contributed by atoms with van der Waals surface area (Å²) in [5, 5.41) is 19.8. The van der Waals surface area contributed by atoms with Crippen LogP contribution < -0.4 is 0 Å². The Bertz CT molecular complexity index is 217. The molecule has 0 saturated heterocycles. The molecule has 2 nitrogen and oxygen atoms in total. The summed E-state index contributed by atoms with van der Waals surface area (Å²) < 4.78 is 0. The quantitative estimate of drug-likeness (QED) is 0.576. The molecule has 0 bridgehead atoms. The first-order valence-corrected chi connectivity index (χ1v) is 8.54. The van der Waals surface area contributed by atoms with E-state index in [0.717, 1.165) is 25.7 Å². The molecule has 0 aromatic rings. The van der Waals surface area contributed by atoms with E-state index in [1.807, 2.05) is 0 Å². The second-order valence-electron chi connectivity index (χ2n) is 6.51. The molecule has 0 heterocycles. The molecule has 0 aliphatic heterocycles. The summed E-state index contributed by atoms with van der Waals surface area (Å²) in [5.74, 6) is 0. The summed E-state index contributed by atoms with van der Waals surface area (Å²) in [7, 11) is 0. The highest BCUT2D eigenvalue weighted by Gasteiger charge is 2.38. The van der Waals surface area contributed by atoms with Crippen LogP contribution in [-0.4, -0.2) is 22.9 Å². The lowest BCUT2D eigenvalue weighted by Gasteiger charge is -2.40. The zero-order valence-electron chi connectivity index (χ0n) is 12.9. The molecule has 0 aromatic heterocycles. The van der Waals surface area contributed by atoms with Crippen LogP contribution in [0.4, 0.5) is 0 Å². The number of hydrogen-bond donors (Lipinski definition) is 2. The van der Waals surface area contributed by atoms with Gasteiger partial charge >= 0.3 is 0 Å². The summed E-state index contributed by atoms with van der Waals surface area (Å²) in [5.41, 5.74) is -0.166. The summed E-state index contributed by atoms with van der Waals surface area (Å²) in [6.45, 7) is 2.43. The van der Waals surface area contributed by atoms with Crippen molar-refractivity contribution in [3.8, 4) is 0 Å². The van der Waals surface area contributed by atoms with E-state index in [1.165, 1.54) is 57.8 Å². The van der Waals surface area contributed by atoms with Crippen LogP contribution in [0.25, 0.3) is 0 Å². The van der Waals surface area contributed by atoms with Gasteiger partial charge in [-0.15, -0.1) is 0 Å². The van der Waals surface area contributed by atoms with Gasteiger partial charge in [0.15, 0.2) is 0 Å². The van der Waals surface area contributed by atoms with Crippen LogP contribution in [0, 0.1) is 5.41 Å². The van der Waals surface area contributed by atoms with E-state index < -0.39 is 0 Å². The number of unbranched alkanes of at least 4 members (excludes halogenated alkanes) is 7. The molecule has 2 unspecified atom stereocenters. The van der Waals surface area contributed by atoms with Gasteiger partial charge in [-0.3, -0.25) is 0 Å². The van der Waals surface area contributed by atoms with Gasteiger partial charge < -0.3 is 10.2 Å². The highest BCUT2D eigenvalue weighted by molar-refractivity contribution is 4.89. The topological polar surface area (TPSA) is 40.5 Å². The van der Waals surface area contributed by atoms with Gasteiger partial charge in [-0.2, -0.15) is 0 Å². The highest BCUT2D eigenvalue weighted by atomic mass is 16.3. The van der Waals surface area contributed by atoms with E-state index in [4.69, 9.17) is 0 Å². The largest absolute Gasteiger partial charge is 0.396 e. The minimum absolute atomic E-state index is 0.166. The molecule has 1 fully saturated rings. The average Bonchev–Trinajstić information content (AvgIpc) is 2.44. The predicted molar refractivity (Wildman–Crippen MR) is 81.2 cm³/mol. The number of hydrogen-bond acceptors (Lipinski definition) is 2. The lowest BCUT2D eigenvalue weighted by Crippen LogP contribution is -2.41. The monoisotopic (exact) mass is 270 g/mol. The van der Waals surface area contributed by atoms with Crippen LogP contribution in [0.15, 0.2) is 0 Å². The fourth-order valence-electron chi connectivity index (χ4n) is 3.45. The Balaban J connectivity index is 2.09. The SMILES string of the molecule is CCCCCCCCCCC1(CO)CCCCC1O. The molecule has 0 amide bonds. The van der Waals surface area contributed by atoms with Crippen LogP contribution in [0.2, 0.25) is 0 Å². The van der Waals surface area contributed by atoms with E-state index in [-0.39, 0.29) is 18.1 Å². The van der Waals surface area contributed by atoms with Crippen molar-refractivity contribution in [2.24, 2.45) is 5.41 Å². The lowest BCUT2D eigenvalue weighted by molar-refractivity contribution is -0.0541. The highest BCUT2D eigenvalue weighted by Crippen LogP contribution is 2.40. The first-order valence-electron chi connectivity index (χ1n) is 8.54. The number of aliphatic hydroxyl groups is 2. The Morgan fingerprint density at radius 3 is 2.16 bits per heavy atom. The predicted octanol–water partition coefficient (Wildman–Crippen LogP) is 4.43. The molecular weight excluding hydrogens is 236 g/mol. The van der Waals surface area contributed by atoms with E-state index in [2.05, 4.69) is 6.92 Å². The second-order valence-corrected chi connectivity index (χ2v) is 6.51. The fourth-order valence-corrected chi connectivity index (χ4v) is 3.45. The first kappa shape index (κ1) is 17.0. The van der Waals surface area contributed by atoms with Gasteiger partial charge in [0.25, 0.3) is 0 Å². The zero-order chi connectivity index (χ0) is 14.0. The maximum atomic E-state index is 10.2. The van der Waals surface area contributed by atoms with Crippen molar-refractivity contribution in [3.63, 3.8) is 0 Å². The number of aliphatic hydroxyl groups excluding tert-OH is 2. The summed E-state index contributed by atoms with van der Waals surface area (Å²) in [6.07, 6.45) is 15.5. The first-order chi connectivity index (χ1) is 9.25. The van der Waals surface area contributed by atoms with E-state index in [1.54, 1.807) is 0 Å². The molecule has 0 spiro atoms. The van der Waals surface area contributed by atoms with Crippen molar-refractivity contribution < 1.29 is 10.2 Å². The Hall–Kier alpha value is -0.0800. The normalized spacial score (nSPS) is 27.6. The minimum Gasteiger partial charge on any atom is -0.396 e. The Kier molecular flexibility index (Phi) is 8.72. The van der Waals surface area contributed by atoms with Crippen molar-refractivity contribution in [3.05, 3.63) is 0 Å². The Labute approximate surface area is 119 Å². The van der Waals surface area contributed by atoms with Crippen LogP contribution in [0.3, 0.4) is 0 Å². The summed E-state index contributed by atoms with van der Waals surface area (Å²) in [6, 6.07) is 0. The van der Waals surface area contributed by atoms with Crippen molar-refractivity contribution in [1.29, 1.82) is 0 Å². The van der Waals surface area contributed by atoms with Gasteiger partial charge in [0.05, 0.1) is 12.7 Å². The summed E-state index contributed by atoms with van der Waals surface area (Å²) >= 11 is 0. The molecule has 1 rings (SSSR count). The van der Waals surface area contributed by atoms with Crippen molar-refractivity contribution in [2.45, 2.75) is 96.5 Å². The van der Waals surface area contributed by atoms with Gasteiger partial charge in [-0.05, 0) is 19.3 Å². The minimum atomic E-state index is -0.268. The van der Waals surface area contributed by atoms with Crippen LogP contribution in [0.5, 0.6) is 0 Å². The smallest absolute Gasteiger partial charge is 0.0618 e. The lowest BCUT2D eigenvalue weighted by atomic mass is 9.69. The molecule has 2 atom stereocenters. The van der Waals surface area contributed by atoms with Gasteiger partial charge in [-0.25, -0.2) is 0 Å². The summed E-state index contributed by atoms with van der Waals surface area (Å²) in [4.78, 5) is 0. The van der Waals surface area contributed by atoms with Crippen molar-refractivity contribution >= 4 is 0 Å². The molecule has 1 aliphatic carbocycles. The third-order valence-electron chi connectivity index (χ3n) is 4.95. The van der Waals surface area contributed by atoms with E-state index in [9.17, 15) is 10.2 Å². The maximum absolute atomic E-state index is 10.2. The molecule has 1 aliphatic rings. The Morgan fingerprint density at radius 1 is 0.947 bits per heavy atom. The van der Waals surface area contributed by atoms with Gasteiger partial charge in [0.2, 0.25) is 0 Å². The average molecular weight is 270 g/mol. The molecule has 19 heavy (non-hydrogen) atoms. The van der Waals surface area contributed by atoms with Gasteiger partial charge in [-0.1, -0.05) is 71.1 Å². The van der Waals surface area contributed by atoms with Gasteiger partial charge in [0, 0.05) is 5.41 Å². The van der Waals surface area contributed by atoms with Crippen LogP contribution in [-0.2, 0) is 0 Å². The third kappa shape index (κ3) is 5.83. The Morgan fingerprint density at radius 2 is 1.58 bits per heavy atom. The van der Waals surface area contributed by atoms with Crippen molar-refractivity contribution in [2.75, 3.05) is 6.61 Å². The molecule has 2 heteroatoms. The second kappa shape index (κ2) is 9.77. The maximum Gasteiger partial charge on any atom is 0.0618 e. The standard InChI is InChI=1S/C17H34O2/c1-2-3-4-5-6-7-8-10-13-17(15-18)14-11-9-12-16(17)19/h16,18-19H,2-15H2,1H3. The van der Waals surface area contributed by atoms with E-state index in [0.29, 0.717) is 0 Å². The molecule has 114 valence electrons. The van der Waals surface area contributed by atoms with Crippen LogP contribution in [0.1, 0.15) is 90.4 Å². The molecule has 1 saturated carbocycles. The molecule has 0 aromatic carbocycles. The van der Waals surface area contributed by atoms with E-state index >= 15 is 0 Å². The zero-order valence-corrected chi connectivity index (χ0v) is 12.9. The number of rotatable bonds is 10. The molecular formula is C17H34O2. The van der Waals surface area contributed by atoms with Crippen LogP contribution >= 0.6 is 0 Å². The molecule has 2 N–H and O–H groups in total. The third-order valence-corrected chi connectivity index (χ3v) is 4.95.